The van der Waals surface area contributed by atoms with Gasteiger partial charge in [-0.15, -0.1) is 0 Å². The molecule has 0 saturated heterocycles. The first-order valence-electron chi connectivity index (χ1n) is 11.6. The predicted octanol–water partition coefficient (Wildman–Crippen LogP) is 8.35. The van der Waals surface area contributed by atoms with E-state index in [1.807, 2.05) is 36.4 Å². The van der Waals surface area contributed by atoms with Crippen molar-refractivity contribution in [3.8, 4) is 0 Å². The molecule has 1 aliphatic rings. The topological polar surface area (TPSA) is 17.1 Å². The minimum absolute atomic E-state index is 0.0686. The van der Waals surface area contributed by atoms with Crippen molar-refractivity contribution in [2.75, 3.05) is 0 Å². The molecule has 0 heterocycles. The fourth-order valence-corrected chi connectivity index (χ4v) is 8.13. The van der Waals surface area contributed by atoms with Crippen LogP contribution in [0.1, 0.15) is 44.7 Å². The van der Waals surface area contributed by atoms with Crippen LogP contribution in [0.2, 0.25) is 28.2 Å². The molecular weight excluding hydrogens is 439 g/mol. The van der Waals surface area contributed by atoms with Gasteiger partial charge >= 0.3 is 0 Å². The van der Waals surface area contributed by atoms with E-state index in [1.54, 1.807) is 0 Å². The molecule has 1 nitrogen and oxygen atoms in total. The highest BCUT2D eigenvalue weighted by Crippen LogP contribution is 2.44. The Labute approximate surface area is 198 Å². The molecule has 2 aromatic rings. The molecule has 0 radical (unpaired) electrons. The van der Waals surface area contributed by atoms with Gasteiger partial charge in [-0.25, -0.2) is 0 Å². The van der Waals surface area contributed by atoms with Gasteiger partial charge in [0.15, 0.2) is 0 Å². The first-order valence-corrected chi connectivity index (χ1v) is 15.0. The molecule has 0 aliphatic heterocycles. The van der Waals surface area contributed by atoms with E-state index >= 15 is 0 Å². The van der Waals surface area contributed by atoms with Crippen molar-refractivity contribution in [1.29, 1.82) is 0 Å². The molecule has 0 N–H and O–H groups in total. The van der Waals surface area contributed by atoms with E-state index in [0.717, 1.165) is 35.7 Å². The molecule has 0 spiro atoms. The summed E-state index contributed by atoms with van der Waals surface area (Å²) in [6.07, 6.45) is 5.76. The number of hydrogen-bond acceptors (Lipinski definition) is 1. The average molecular weight is 474 g/mol. The fraction of sp³-hybridized carbons (Fsp3) is 0.444. The number of allylic oxidation sites excluding steroid dienone is 1. The monoisotopic (exact) mass is 472 g/mol. The Morgan fingerprint density at radius 2 is 1.42 bits per heavy atom. The Morgan fingerprint density at radius 3 is 1.94 bits per heavy atom. The van der Waals surface area contributed by atoms with Crippen LogP contribution in [0.4, 0.5) is 0 Å². The minimum Gasteiger partial charge on any atom is -0.298 e. The Hall–Kier alpha value is -1.35. The maximum absolute atomic E-state index is 13.9. The second kappa shape index (κ2) is 10.5. The number of halogens is 2. The predicted molar refractivity (Wildman–Crippen MR) is 137 cm³/mol. The molecule has 1 fully saturated rings. The summed E-state index contributed by atoms with van der Waals surface area (Å²) < 4.78 is 0. The summed E-state index contributed by atoms with van der Waals surface area (Å²) >= 11 is 12.2. The van der Waals surface area contributed by atoms with Crippen LogP contribution in [0.3, 0.4) is 0 Å². The van der Waals surface area contributed by atoms with E-state index in [2.05, 4.69) is 44.7 Å². The standard InChI is InChI=1S/C27H34Cl2OSi/c1-4-31(5-2,6-3)18-17-27(20-22-9-13-25(29)14-10-22)16-15-23(26(27)30)19-21-7-11-24(28)12-8-21/h7-14,17-18,23H,4-6,15-16,19-20H2,1-3H3/b18-17+/t23-,27+/m0/s1. The lowest BCUT2D eigenvalue weighted by Gasteiger charge is -2.29. The summed E-state index contributed by atoms with van der Waals surface area (Å²) in [6, 6.07) is 19.6. The highest BCUT2D eigenvalue weighted by atomic mass is 35.5. The smallest absolute Gasteiger partial charge is 0.146 e. The van der Waals surface area contributed by atoms with E-state index in [1.165, 1.54) is 29.3 Å². The van der Waals surface area contributed by atoms with Crippen molar-refractivity contribution < 1.29 is 4.79 Å². The Balaban J connectivity index is 1.90. The van der Waals surface area contributed by atoms with Gasteiger partial charge in [-0.2, -0.15) is 0 Å². The highest BCUT2D eigenvalue weighted by molar-refractivity contribution is 6.84. The lowest BCUT2D eigenvalue weighted by Crippen LogP contribution is -2.33. The van der Waals surface area contributed by atoms with Gasteiger partial charge in [0.25, 0.3) is 0 Å². The van der Waals surface area contributed by atoms with E-state index < -0.39 is 13.5 Å². The maximum atomic E-state index is 13.9. The number of rotatable bonds is 9. The molecule has 0 amide bonds. The highest BCUT2D eigenvalue weighted by Gasteiger charge is 2.46. The largest absolute Gasteiger partial charge is 0.298 e. The molecule has 2 atom stereocenters. The lowest BCUT2D eigenvalue weighted by molar-refractivity contribution is -0.126. The molecule has 2 aromatic carbocycles. The second-order valence-electron chi connectivity index (χ2n) is 9.15. The van der Waals surface area contributed by atoms with E-state index in [0.29, 0.717) is 5.78 Å². The van der Waals surface area contributed by atoms with Crippen molar-refractivity contribution in [3.63, 3.8) is 0 Å². The number of carbonyl (C=O) groups is 1. The van der Waals surface area contributed by atoms with Crippen molar-refractivity contribution in [2.24, 2.45) is 11.3 Å². The van der Waals surface area contributed by atoms with Crippen LogP contribution in [-0.4, -0.2) is 13.9 Å². The maximum Gasteiger partial charge on any atom is 0.146 e. The van der Waals surface area contributed by atoms with Gasteiger partial charge in [0.1, 0.15) is 5.78 Å². The van der Waals surface area contributed by atoms with Crippen LogP contribution in [0.15, 0.2) is 60.3 Å². The Bertz CT molecular complexity index is 892. The summed E-state index contributed by atoms with van der Waals surface area (Å²) in [5.74, 6) is 0.471. The average Bonchev–Trinajstić information content (AvgIpc) is 3.08. The minimum atomic E-state index is -1.46. The summed E-state index contributed by atoms with van der Waals surface area (Å²) in [5.41, 5.74) is 4.48. The lowest BCUT2D eigenvalue weighted by atomic mass is 9.78. The van der Waals surface area contributed by atoms with Crippen LogP contribution in [-0.2, 0) is 17.6 Å². The van der Waals surface area contributed by atoms with E-state index in [4.69, 9.17) is 23.2 Å². The van der Waals surface area contributed by atoms with Gasteiger partial charge in [0.2, 0.25) is 0 Å². The molecule has 3 rings (SSSR count). The first kappa shape index (κ1) is 24.3. The van der Waals surface area contributed by atoms with Crippen LogP contribution >= 0.6 is 23.2 Å². The molecule has 0 unspecified atom stereocenters. The second-order valence-corrected chi connectivity index (χ2v) is 15.2. The molecule has 0 bridgehead atoms. The summed E-state index contributed by atoms with van der Waals surface area (Å²) in [4.78, 5) is 13.9. The summed E-state index contributed by atoms with van der Waals surface area (Å²) in [5, 5.41) is 1.47. The van der Waals surface area contributed by atoms with Gasteiger partial charge in [-0.05, 0) is 61.1 Å². The summed E-state index contributed by atoms with van der Waals surface area (Å²) in [6.45, 7) is 6.94. The van der Waals surface area contributed by atoms with E-state index in [-0.39, 0.29) is 5.92 Å². The quantitative estimate of drug-likeness (QED) is 0.335. The zero-order valence-electron chi connectivity index (χ0n) is 19.0. The third-order valence-corrected chi connectivity index (χ3v) is 13.1. The number of Topliss-reactive ketones (excluding diaryl/α,β-unsaturated/α-hetero) is 1. The zero-order valence-corrected chi connectivity index (χ0v) is 21.5. The Kier molecular flexibility index (Phi) is 8.23. The number of carbonyl (C=O) groups excluding carboxylic acids is 1. The SMILES string of the molecule is CC[Si](/C=C/[C@@]1(Cc2ccc(Cl)cc2)CC[C@@H](Cc2ccc(Cl)cc2)C1=O)(CC)CC. The molecular formula is C27H34Cl2OSi. The number of ketones is 1. The van der Waals surface area contributed by atoms with Crippen molar-refractivity contribution in [3.05, 3.63) is 81.5 Å². The Morgan fingerprint density at radius 1 is 0.903 bits per heavy atom. The van der Waals surface area contributed by atoms with E-state index in [9.17, 15) is 4.79 Å². The molecule has 1 saturated carbocycles. The normalized spacial score (nSPS) is 21.8. The van der Waals surface area contributed by atoms with Crippen LogP contribution in [0.25, 0.3) is 0 Å². The van der Waals surface area contributed by atoms with Gasteiger partial charge in [-0.3, -0.25) is 4.79 Å². The molecule has 0 aromatic heterocycles. The van der Waals surface area contributed by atoms with Gasteiger partial charge in [0.05, 0.1) is 13.5 Å². The van der Waals surface area contributed by atoms with Crippen LogP contribution in [0, 0.1) is 11.3 Å². The zero-order chi connectivity index (χ0) is 22.5. The van der Waals surface area contributed by atoms with Crippen molar-refractivity contribution in [2.45, 2.75) is 64.6 Å². The fourth-order valence-electron chi connectivity index (χ4n) is 5.00. The molecule has 31 heavy (non-hydrogen) atoms. The van der Waals surface area contributed by atoms with Gasteiger partial charge in [0, 0.05) is 16.0 Å². The number of hydrogen-bond donors (Lipinski definition) is 0. The third kappa shape index (κ3) is 5.72. The van der Waals surface area contributed by atoms with Crippen molar-refractivity contribution >= 4 is 37.1 Å². The molecule has 1 aliphatic carbocycles. The number of benzene rings is 2. The molecule has 4 heteroatoms. The third-order valence-electron chi connectivity index (χ3n) is 7.50. The van der Waals surface area contributed by atoms with Gasteiger partial charge in [-0.1, -0.05) is 98.1 Å². The molecule has 166 valence electrons. The first-order chi connectivity index (χ1) is 14.8. The van der Waals surface area contributed by atoms with Crippen LogP contribution < -0.4 is 0 Å². The van der Waals surface area contributed by atoms with Crippen LogP contribution in [0.5, 0.6) is 0 Å². The van der Waals surface area contributed by atoms with Crippen molar-refractivity contribution in [1.82, 2.24) is 0 Å². The van der Waals surface area contributed by atoms with Gasteiger partial charge < -0.3 is 0 Å². The summed E-state index contributed by atoms with van der Waals surface area (Å²) in [7, 11) is -1.46.